The Labute approximate surface area is 123 Å². The molecule has 0 spiro atoms. The molecule has 110 valence electrons. The highest BCUT2D eigenvalue weighted by Crippen LogP contribution is 2.26. The summed E-state index contributed by atoms with van der Waals surface area (Å²) < 4.78 is 0. The van der Waals surface area contributed by atoms with Crippen LogP contribution in [0.2, 0.25) is 0 Å². The summed E-state index contributed by atoms with van der Waals surface area (Å²) in [7, 11) is 0. The van der Waals surface area contributed by atoms with Crippen molar-refractivity contribution in [3.8, 4) is 0 Å². The lowest BCUT2D eigenvalue weighted by Crippen LogP contribution is -2.45. The zero-order valence-electron chi connectivity index (χ0n) is 12.2. The van der Waals surface area contributed by atoms with E-state index in [0.29, 0.717) is 18.7 Å². The van der Waals surface area contributed by atoms with Gasteiger partial charge in [0.2, 0.25) is 0 Å². The molecule has 5 nitrogen and oxygen atoms in total. The van der Waals surface area contributed by atoms with Crippen molar-refractivity contribution in [2.45, 2.75) is 19.9 Å². The lowest BCUT2D eigenvalue weighted by atomic mass is 10.0. The van der Waals surface area contributed by atoms with Crippen LogP contribution in [0.1, 0.15) is 25.5 Å². The summed E-state index contributed by atoms with van der Waals surface area (Å²) in [6.45, 7) is 4.80. The molecule has 1 heterocycles. The Morgan fingerprint density at radius 1 is 1.05 bits per heavy atom. The minimum atomic E-state index is -0.902. The minimum Gasteiger partial charge on any atom is -0.341 e. The summed E-state index contributed by atoms with van der Waals surface area (Å²) in [4.78, 5) is 39.3. The molecule has 1 aliphatic heterocycles. The van der Waals surface area contributed by atoms with E-state index in [0.717, 1.165) is 4.90 Å². The molecule has 0 aromatic heterocycles. The van der Waals surface area contributed by atoms with Gasteiger partial charge in [-0.25, -0.2) is 0 Å². The van der Waals surface area contributed by atoms with Gasteiger partial charge in [-0.2, -0.15) is 0 Å². The van der Waals surface area contributed by atoms with Gasteiger partial charge in [0.05, 0.1) is 0 Å². The number of hydrogen-bond donors (Lipinski definition) is 0. The zero-order chi connectivity index (χ0) is 15.4. The van der Waals surface area contributed by atoms with E-state index in [2.05, 4.69) is 0 Å². The molecule has 0 saturated heterocycles. The number of amides is 3. The summed E-state index contributed by atoms with van der Waals surface area (Å²) in [5.74, 6) is -1.14. The number of hydrogen-bond acceptors (Lipinski definition) is 3. The first-order valence-electron chi connectivity index (χ1n) is 6.99. The summed E-state index contributed by atoms with van der Waals surface area (Å²) in [5, 5.41) is 0. The topological polar surface area (TPSA) is 57.7 Å². The van der Waals surface area contributed by atoms with E-state index in [4.69, 9.17) is 0 Å². The van der Waals surface area contributed by atoms with Gasteiger partial charge in [-0.1, -0.05) is 30.3 Å². The van der Waals surface area contributed by atoms with Crippen molar-refractivity contribution < 1.29 is 14.4 Å². The number of carbonyl (C=O) groups excluding carboxylic acids is 3. The normalized spacial score (nSPS) is 15.4. The van der Waals surface area contributed by atoms with Gasteiger partial charge in [0.25, 0.3) is 17.7 Å². The van der Waals surface area contributed by atoms with Gasteiger partial charge in [0.15, 0.2) is 0 Å². The average Bonchev–Trinajstić information content (AvgIpc) is 2.82. The van der Waals surface area contributed by atoms with E-state index in [1.807, 2.05) is 19.9 Å². The molecule has 0 fully saturated rings. The lowest BCUT2D eigenvalue weighted by molar-refractivity contribution is -0.149. The standard InChI is InChI=1S/C16H18N2O3/c1-3-17(4-2)16(21)15(12-8-6-5-7-9-12)18-13(19)10-11-14(18)20/h5-11,15H,3-4H2,1-2H3/t15-/m0/s1. The Balaban J connectivity index is 2.43. The highest BCUT2D eigenvalue weighted by Gasteiger charge is 2.38. The van der Waals surface area contributed by atoms with E-state index < -0.39 is 17.9 Å². The zero-order valence-corrected chi connectivity index (χ0v) is 12.2. The first-order chi connectivity index (χ1) is 10.1. The maximum absolute atomic E-state index is 12.7. The molecule has 0 aliphatic carbocycles. The SMILES string of the molecule is CCN(CC)C(=O)[C@H](c1ccccc1)N1C(=O)C=CC1=O. The Kier molecular flexibility index (Phi) is 4.52. The van der Waals surface area contributed by atoms with Crippen LogP contribution < -0.4 is 0 Å². The van der Waals surface area contributed by atoms with Gasteiger partial charge in [-0.3, -0.25) is 19.3 Å². The van der Waals surface area contributed by atoms with Crippen molar-refractivity contribution in [2.75, 3.05) is 13.1 Å². The third-order valence-corrected chi connectivity index (χ3v) is 3.53. The van der Waals surface area contributed by atoms with Crippen LogP contribution in [0.5, 0.6) is 0 Å². The molecule has 5 heteroatoms. The predicted octanol–water partition coefficient (Wildman–Crippen LogP) is 1.52. The summed E-state index contributed by atoms with van der Waals surface area (Å²) in [6, 6.07) is 8.01. The molecule has 1 aromatic carbocycles. The van der Waals surface area contributed by atoms with E-state index in [1.54, 1.807) is 29.2 Å². The number of likely N-dealkylation sites (N-methyl/N-ethyl adjacent to an activating group) is 1. The van der Waals surface area contributed by atoms with Crippen LogP contribution in [0.3, 0.4) is 0 Å². The fraction of sp³-hybridized carbons (Fsp3) is 0.312. The first-order valence-corrected chi connectivity index (χ1v) is 6.99. The number of carbonyl (C=O) groups is 3. The first kappa shape index (κ1) is 15.0. The third-order valence-electron chi connectivity index (χ3n) is 3.53. The summed E-state index contributed by atoms with van der Waals surface area (Å²) in [6.07, 6.45) is 2.40. The molecular weight excluding hydrogens is 268 g/mol. The van der Waals surface area contributed by atoms with Crippen molar-refractivity contribution in [1.29, 1.82) is 0 Å². The third kappa shape index (κ3) is 2.86. The van der Waals surface area contributed by atoms with Crippen LogP contribution in [0.15, 0.2) is 42.5 Å². The van der Waals surface area contributed by atoms with Crippen LogP contribution in [0.25, 0.3) is 0 Å². The van der Waals surface area contributed by atoms with E-state index in [-0.39, 0.29) is 5.91 Å². The molecule has 0 N–H and O–H groups in total. The Bertz CT molecular complexity index is 558. The largest absolute Gasteiger partial charge is 0.341 e. The number of rotatable bonds is 5. The predicted molar refractivity (Wildman–Crippen MR) is 78.1 cm³/mol. The Morgan fingerprint density at radius 3 is 2.05 bits per heavy atom. The maximum atomic E-state index is 12.7. The monoisotopic (exact) mass is 286 g/mol. The molecule has 1 atom stereocenters. The maximum Gasteiger partial charge on any atom is 0.254 e. The van der Waals surface area contributed by atoms with Crippen LogP contribution in [0.4, 0.5) is 0 Å². The van der Waals surface area contributed by atoms with Gasteiger partial charge in [0, 0.05) is 25.2 Å². The highest BCUT2D eigenvalue weighted by molar-refractivity contribution is 6.15. The van der Waals surface area contributed by atoms with Crippen molar-refractivity contribution >= 4 is 17.7 Å². The van der Waals surface area contributed by atoms with E-state index in [9.17, 15) is 14.4 Å². The molecule has 0 saturated carbocycles. The lowest BCUT2D eigenvalue weighted by Gasteiger charge is -2.30. The molecule has 3 amide bonds. The fourth-order valence-electron chi connectivity index (χ4n) is 2.41. The minimum absolute atomic E-state index is 0.239. The van der Waals surface area contributed by atoms with Crippen LogP contribution in [-0.4, -0.2) is 40.6 Å². The molecule has 1 aromatic rings. The van der Waals surface area contributed by atoms with Gasteiger partial charge in [-0.15, -0.1) is 0 Å². The van der Waals surface area contributed by atoms with Gasteiger partial charge in [0.1, 0.15) is 6.04 Å². The Morgan fingerprint density at radius 2 is 1.57 bits per heavy atom. The molecule has 21 heavy (non-hydrogen) atoms. The quantitative estimate of drug-likeness (QED) is 0.771. The molecule has 0 radical (unpaired) electrons. The second-order valence-corrected chi connectivity index (χ2v) is 4.70. The fourth-order valence-corrected chi connectivity index (χ4v) is 2.41. The summed E-state index contributed by atoms with van der Waals surface area (Å²) >= 11 is 0. The van der Waals surface area contributed by atoms with Gasteiger partial charge >= 0.3 is 0 Å². The smallest absolute Gasteiger partial charge is 0.254 e. The second-order valence-electron chi connectivity index (χ2n) is 4.70. The van der Waals surface area contributed by atoms with Crippen LogP contribution >= 0.6 is 0 Å². The number of imide groups is 1. The number of nitrogens with zero attached hydrogens (tertiary/aromatic N) is 2. The second kappa shape index (κ2) is 6.35. The van der Waals surface area contributed by atoms with E-state index in [1.165, 1.54) is 12.2 Å². The molecule has 0 unspecified atom stereocenters. The van der Waals surface area contributed by atoms with Crippen molar-refractivity contribution in [1.82, 2.24) is 9.80 Å². The van der Waals surface area contributed by atoms with Crippen molar-refractivity contribution in [2.24, 2.45) is 0 Å². The van der Waals surface area contributed by atoms with E-state index >= 15 is 0 Å². The number of benzene rings is 1. The highest BCUT2D eigenvalue weighted by atomic mass is 16.2. The molecule has 2 rings (SSSR count). The summed E-state index contributed by atoms with van der Waals surface area (Å²) in [5.41, 5.74) is 0.639. The Hall–Kier alpha value is -2.43. The van der Waals surface area contributed by atoms with Crippen molar-refractivity contribution in [3.05, 3.63) is 48.0 Å². The van der Waals surface area contributed by atoms with Crippen LogP contribution in [-0.2, 0) is 14.4 Å². The molecular formula is C16H18N2O3. The molecule has 1 aliphatic rings. The van der Waals surface area contributed by atoms with Gasteiger partial charge in [-0.05, 0) is 19.4 Å². The van der Waals surface area contributed by atoms with Crippen molar-refractivity contribution in [3.63, 3.8) is 0 Å². The van der Waals surface area contributed by atoms with Gasteiger partial charge < -0.3 is 4.90 Å². The van der Waals surface area contributed by atoms with Crippen LogP contribution in [0, 0.1) is 0 Å². The average molecular weight is 286 g/mol. The molecule has 0 bridgehead atoms.